The Kier molecular flexibility index (Phi) is 3.13. The number of nitrogens with zero attached hydrogens (tertiary/aromatic N) is 1. The summed E-state index contributed by atoms with van der Waals surface area (Å²) in [6.45, 7) is 0. The number of hydrogen-bond acceptors (Lipinski definition) is 5. The van der Waals surface area contributed by atoms with Crippen LogP contribution < -0.4 is 11.1 Å². The predicted octanol–water partition coefficient (Wildman–Crippen LogP) is -0.687. The van der Waals surface area contributed by atoms with Crippen LogP contribution in [0.4, 0.5) is 0 Å². The molecule has 0 saturated heterocycles. The highest BCUT2D eigenvalue weighted by Crippen LogP contribution is 2.61. The summed E-state index contributed by atoms with van der Waals surface area (Å²) in [5.41, 5.74) is 4.47. The van der Waals surface area contributed by atoms with E-state index in [2.05, 4.69) is 10.3 Å². The molecule has 2 saturated carbocycles. The van der Waals surface area contributed by atoms with Crippen LogP contribution in [0.5, 0.6) is 0 Å². The number of carboxylic acid groups (broad SMARTS) is 2. The van der Waals surface area contributed by atoms with Crippen molar-refractivity contribution in [3.63, 3.8) is 0 Å². The van der Waals surface area contributed by atoms with Crippen molar-refractivity contribution in [3.8, 4) is 0 Å². The Bertz CT molecular complexity index is 649. The van der Waals surface area contributed by atoms with Gasteiger partial charge >= 0.3 is 11.9 Å². The molecule has 0 aromatic carbocycles. The molecule has 0 aliphatic heterocycles. The van der Waals surface area contributed by atoms with E-state index in [0.717, 1.165) is 0 Å². The molecule has 1 aromatic heterocycles. The maximum Gasteiger partial charge on any atom is 0.324 e. The summed E-state index contributed by atoms with van der Waals surface area (Å²) >= 11 is 0. The van der Waals surface area contributed by atoms with Gasteiger partial charge in [0.1, 0.15) is 11.2 Å². The van der Waals surface area contributed by atoms with Crippen molar-refractivity contribution in [2.24, 2.45) is 23.5 Å². The lowest BCUT2D eigenvalue weighted by molar-refractivity contribution is -0.145. The first-order chi connectivity index (χ1) is 10.4. The normalized spacial score (nSPS) is 35.5. The van der Waals surface area contributed by atoms with E-state index in [1.807, 2.05) is 0 Å². The second-order valence-electron chi connectivity index (χ2n) is 5.81. The van der Waals surface area contributed by atoms with Gasteiger partial charge in [-0.25, -0.2) is 0 Å². The molecule has 3 rings (SSSR count). The van der Waals surface area contributed by atoms with Crippen LogP contribution in [0, 0.1) is 17.8 Å². The van der Waals surface area contributed by atoms with Crippen LogP contribution in [0.1, 0.15) is 16.9 Å². The molecule has 1 heterocycles. The number of nitrogens with two attached hydrogens (primary N) is 1. The van der Waals surface area contributed by atoms with E-state index < -0.39 is 47.2 Å². The van der Waals surface area contributed by atoms with Crippen molar-refractivity contribution in [1.82, 2.24) is 10.3 Å². The number of hydrogen-bond donors (Lipinski definition) is 4. The molecule has 2 fully saturated rings. The van der Waals surface area contributed by atoms with E-state index in [4.69, 9.17) is 10.8 Å². The summed E-state index contributed by atoms with van der Waals surface area (Å²) in [7, 11) is 0. The summed E-state index contributed by atoms with van der Waals surface area (Å²) in [6.07, 6.45) is 1.48. The molecule has 0 radical (unpaired) electrons. The lowest BCUT2D eigenvalue weighted by atomic mass is 9.90. The van der Waals surface area contributed by atoms with E-state index in [1.54, 1.807) is 12.1 Å². The van der Waals surface area contributed by atoms with E-state index in [0.29, 0.717) is 0 Å². The summed E-state index contributed by atoms with van der Waals surface area (Å²) in [4.78, 5) is 38.6. The van der Waals surface area contributed by atoms with Gasteiger partial charge in [0, 0.05) is 18.2 Å². The number of nitrogens with one attached hydrogen (secondary N) is 1. The molecule has 1 aromatic rings. The quantitative estimate of drug-likeness (QED) is 0.576. The topological polar surface area (TPSA) is 143 Å². The average molecular weight is 305 g/mol. The molecule has 0 unspecified atom stereocenters. The third kappa shape index (κ3) is 2.03. The van der Waals surface area contributed by atoms with Gasteiger partial charge in [0.25, 0.3) is 5.91 Å². The number of aromatic nitrogens is 1. The monoisotopic (exact) mass is 305 g/mol. The molecule has 22 heavy (non-hydrogen) atoms. The standard InChI is InChI=1S/C14H15N3O5/c15-14(13(21)22)5-7(8-9(10(8)14)12(19)20)17-11(18)6-3-1-2-4-16-6/h1-4,7-10H,5,15H2,(H,17,18)(H,19,20)(H,21,22)/t7-,8-,9-,10+,14-/m1/s1. The molecule has 5 atom stereocenters. The zero-order valence-electron chi connectivity index (χ0n) is 11.5. The summed E-state index contributed by atoms with van der Waals surface area (Å²) < 4.78 is 0. The number of rotatable bonds is 4. The molecule has 8 nitrogen and oxygen atoms in total. The van der Waals surface area contributed by atoms with Gasteiger partial charge in [0.05, 0.1) is 5.92 Å². The molecular weight excluding hydrogens is 290 g/mol. The molecular formula is C14H15N3O5. The minimum atomic E-state index is -1.62. The lowest BCUT2D eigenvalue weighted by Crippen LogP contribution is -2.52. The van der Waals surface area contributed by atoms with Crippen LogP contribution in [0.25, 0.3) is 0 Å². The lowest BCUT2D eigenvalue weighted by Gasteiger charge is -2.24. The van der Waals surface area contributed by atoms with Crippen LogP contribution >= 0.6 is 0 Å². The van der Waals surface area contributed by atoms with E-state index in [-0.39, 0.29) is 12.1 Å². The molecule has 1 amide bonds. The SMILES string of the molecule is N[C@]1(C(=O)O)C[C@@H](NC(=O)c2ccccn2)[C@@H]2[C@@H](C(=O)O)[C@H]21. The van der Waals surface area contributed by atoms with Crippen molar-refractivity contribution in [2.75, 3.05) is 0 Å². The Morgan fingerprint density at radius 1 is 1.32 bits per heavy atom. The van der Waals surface area contributed by atoms with Gasteiger partial charge < -0.3 is 21.3 Å². The largest absolute Gasteiger partial charge is 0.481 e. The number of pyridine rings is 1. The third-order valence-electron chi connectivity index (χ3n) is 4.59. The average Bonchev–Trinajstić information content (AvgIpc) is 3.17. The fourth-order valence-corrected chi connectivity index (χ4v) is 3.57. The fraction of sp³-hybridized carbons (Fsp3) is 0.429. The van der Waals surface area contributed by atoms with Gasteiger partial charge in [-0.15, -0.1) is 0 Å². The minimum absolute atomic E-state index is 0.0139. The van der Waals surface area contributed by atoms with Gasteiger partial charge in [0.2, 0.25) is 0 Å². The zero-order chi connectivity index (χ0) is 16.1. The van der Waals surface area contributed by atoms with Crippen LogP contribution in [0.2, 0.25) is 0 Å². The first-order valence-corrected chi connectivity index (χ1v) is 6.83. The number of aliphatic carboxylic acids is 2. The molecule has 116 valence electrons. The van der Waals surface area contributed by atoms with Gasteiger partial charge in [-0.05, 0) is 24.5 Å². The smallest absolute Gasteiger partial charge is 0.324 e. The van der Waals surface area contributed by atoms with Crippen LogP contribution in [-0.2, 0) is 9.59 Å². The summed E-state index contributed by atoms with van der Waals surface area (Å²) in [5, 5.41) is 21.1. The first-order valence-electron chi connectivity index (χ1n) is 6.83. The molecule has 5 N–H and O–H groups in total. The van der Waals surface area contributed by atoms with Crippen molar-refractivity contribution in [2.45, 2.75) is 18.0 Å². The molecule has 8 heteroatoms. The Morgan fingerprint density at radius 3 is 2.59 bits per heavy atom. The van der Waals surface area contributed by atoms with Gasteiger partial charge in [-0.3, -0.25) is 19.4 Å². The summed E-state index contributed by atoms with van der Waals surface area (Å²) in [5.74, 6) is -4.72. The number of carboxylic acids is 2. The van der Waals surface area contributed by atoms with Crippen LogP contribution in [-0.4, -0.2) is 44.6 Å². The Balaban J connectivity index is 1.79. The van der Waals surface area contributed by atoms with E-state index in [9.17, 15) is 19.5 Å². The number of fused-ring (bicyclic) bond motifs is 1. The Labute approximate surface area is 125 Å². The number of carbonyl (C=O) groups is 3. The second kappa shape index (κ2) is 4.77. The van der Waals surface area contributed by atoms with Crippen LogP contribution in [0.3, 0.4) is 0 Å². The highest BCUT2D eigenvalue weighted by atomic mass is 16.4. The maximum absolute atomic E-state index is 12.1. The fourth-order valence-electron chi connectivity index (χ4n) is 3.57. The van der Waals surface area contributed by atoms with Crippen molar-refractivity contribution >= 4 is 17.8 Å². The molecule has 2 aliphatic rings. The zero-order valence-corrected chi connectivity index (χ0v) is 11.5. The van der Waals surface area contributed by atoms with Crippen molar-refractivity contribution in [1.29, 1.82) is 0 Å². The molecule has 0 bridgehead atoms. The van der Waals surface area contributed by atoms with Gasteiger partial charge in [-0.2, -0.15) is 0 Å². The predicted molar refractivity (Wildman–Crippen MR) is 72.8 cm³/mol. The minimum Gasteiger partial charge on any atom is -0.481 e. The van der Waals surface area contributed by atoms with Crippen LogP contribution in [0.15, 0.2) is 24.4 Å². The second-order valence-corrected chi connectivity index (χ2v) is 5.81. The highest BCUT2D eigenvalue weighted by molar-refractivity contribution is 5.93. The number of carbonyl (C=O) groups excluding carboxylic acids is 1. The number of amides is 1. The molecule has 2 aliphatic carbocycles. The van der Waals surface area contributed by atoms with Gasteiger partial charge in [-0.1, -0.05) is 6.07 Å². The highest BCUT2D eigenvalue weighted by Gasteiger charge is 2.74. The summed E-state index contributed by atoms with van der Waals surface area (Å²) in [6, 6.07) is 4.26. The van der Waals surface area contributed by atoms with Gasteiger partial charge in [0.15, 0.2) is 0 Å². The maximum atomic E-state index is 12.1. The van der Waals surface area contributed by atoms with Crippen molar-refractivity contribution < 1.29 is 24.6 Å². The third-order valence-corrected chi connectivity index (χ3v) is 4.59. The van der Waals surface area contributed by atoms with Crippen molar-refractivity contribution in [3.05, 3.63) is 30.1 Å². The van der Waals surface area contributed by atoms with E-state index in [1.165, 1.54) is 12.3 Å². The molecule has 0 spiro atoms. The first kappa shape index (κ1) is 14.5. The van der Waals surface area contributed by atoms with E-state index >= 15 is 0 Å². The Hall–Kier alpha value is -2.48. The Morgan fingerprint density at radius 2 is 2.05 bits per heavy atom.